The first-order valence-electron chi connectivity index (χ1n) is 10.0. The fourth-order valence-corrected chi connectivity index (χ4v) is 2.80. The van der Waals surface area contributed by atoms with Crippen molar-refractivity contribution in [1.82, 2.24) is 10.3 Å². The smallest absolute Gasteiger partial charge is 0.251 e. The fourth-order valence-electron chi connectivity index (χ4n) is 2.54. The highest BCUT2D eigenvalue weighted by molar-refractivity contribution is 6.32. The summed E-state index contributed by atoms with van der Waals surface area (Å²) in [4.78, 5) is 16.8. The molecule has 1 amide bonds. The van der Waals surface area contributed by atoms with Gasteiger partial charge in [-0.1, -0.05) is 31.0 Å². The van der Waals surface area contributed by atoms with E-state index in [9.17, 15) is 4.79 Å². The molecule has 1 aromatic carbocycles. The van der Waals surface area contributed by atoms with Crippen LogP contribution in [0.15, 0.2) is 30.5 Å². The van der Waals surface area contributed by atoms with Crippen molar-refractivity contribution in [3.05, 3.63) is 46.6 Å². The van der Waals surface area contributed by atoms with Crippen molar-refractivity contribution in [2.24, 2.45) is 0 Å². The molecule has 0 saturated carbocycles. The lowest BCUT2D eigenvalue weighted by atomic mass is 10.1. The zero-order valence-corrected chi connectivity index (χ0v) is 18.5. The van der Waals surface area contributed by atoms with Crippen LogP contribution >= 0.6 is 11.6 Å². The number of amides is 1. The molecule has 0 aliphatic heterocycles. The van der Waals surface area contributed by atoms with Gasteiger partial charge in [-0.3, -0.25) is 4.79 Å². The minimum Gasteiger partial charge on any atom is -0.490 e. The van der Waals surface area contributed by atoms with Gasteiger partial charge in [-0.25, -0.2) is 4.98 Å². The molecule has 0 unspecified atom stereocenters. The monoisotopic (exact) mass is 436 g/mol. The average Bonchev–Trinajstić information content (AvgIpc) is 2.75. The van der Waals surface area contributed by atoms with Crippen LogP contribution < -0.4 is 19.5 Å². The maximum atomic E-state index is 12.6. The van der Waals surface area contributed by atoms with Gasteiger partial charge in [0.2, 0.25) is 5.88 Å². The Labute approximate surface area is 182 Å². The van der Waals surface area contributed by atoms with Crippen molar-refractivity contribution in [2.45, 2.75) is 33.2 Å². The molecule has 164 valence electrons. The topological polar surface area (TPSA) is 78.9 Å². The molecule has 0 aliphatic rings. The minimum atomic E-state index is -0.265. The molecule has 0 bridgehead atoms. The summed E-state index contributed by atoms with van der Waals surface area (Å²) < 4.78 is 21.7. The summed E-state index contributed by atoms with van der Waals surface area (Å²) in [6.45, 7) is 6.18. The van der Waals surface area contributed by atoms with Gasteiger partial charge >= 0.3 is 0 Å². The third kappa shape index (κ3) is 7.39. The van der Waals surface area contributed by atoms with Gasteiger partial charge in [-0.05, 0) is 31.0 Å². The number of hydrogen-bond donors (Lipinski definition) is 1. The molecule has 0 fully saturated rings. The van der Waals surface area contributed by atoms with Crippen molar-refractivity contribution in [3.8, 4) is 17.4 Å². The van der Waals surface area contributed by atoms with Gasteiger partial charge in [-0.15, -0.1) is 0 Å². The third-order valence-corrected chi connectivity index (χ3v) is 4.38. The van der Waals surface area contributed by atoms with E-state index in [0.29, 0.717) is 60.9 Å². The van der Waals surface area contributed by atoms with Crippen LogP contribution in [-0.2, 0) is 11.3 Å². The summed E-state index contributed by atoms with van der Waals surface area (Å²) in [5.74, 6) is 1.18. The van der Waals surface area contributed by atoms with Gasteiger partial charge in [0.25, 0.3) is 5.91 Å². The Kier molecular flexibility index (Phi) is 10.2. The van der Waals surface area contributed by atoms with E-state index in [-0.39, 0.29) is 5.91 Å². The summed E-state index contributed by atoms with van der Waals surface area (Å²) in [5.41, 5.74) is 1.25. The molecule has 7 nitrogen and oxygen atoms in total. The first kappa shape index (κ1) is 23.8. The van der Waals surface area contributed by atoms with E-state index in [1.165, 1.54) is 0 Å². The lowest BCUT2D eigenvalue weighted by molar-refractivity contribution is 0.0950. The standard InChI is InChI=1S/C22H29ClN2O5/c1-4-6-9-30-21-18(23)12-17(13-19(21)28-5-2)22(26)25-15-16-7-8-20(24-14-16)29-11-10-27-3/h7-8,12-14H,4-6,9-11,15H2,1-3H3,(H,25,26). The van der Waals surface area contributed by atoms with Gasteiger partial charge in [0, 0.05) is 31.5 Å². The molecular weight excluding hydrogens is 408 g/mol. The van der Waals surface area contributed by atoms with Crippen LogP contribution in [0.3, 0.4) is 0 Å². The lowest BCUT2D eigenvalue weighted by Crippen LogP contribution is -2.23. The number of benzene rings is 1. The maximum absolute atomic E-state index is 12.6. The van der Waals surface area contributed by atoms with E-state index in [1.54, 1.807) is 31.5 Å². The largest absolute Gasteiger partial charge is 0.490 e. The van der Waals surface area contributed by atoms with Crippen LogP contribution in [-0.4, -0.2) is 44.4 Å². The van der Waals surface area contributed by atoms with Crippen LogP contribution in [0.1, 0.15) is 42.6 Å². The first-order chi connectivity index (χ1) is 14.6. The number of methoxy groups -OCH3 is 1. The van der Waals surface area contributed by atoms with E-state index in [0.717, 1.165) is 18.4 Å². The van der Waals surface area contributed by atoms with E-state index in [1.807, 2.05) is 13.0 Å². The molecule has 1 N–H and O–H groups in total. The number of nitrogens with zero attached hydrogens (tertiary/aromatic N) is 1. The highest BCUT2D eigenvalue weighted by atomic mass is 35.5. The molecular formula is C22H29ClN2O5. The van der Waals surface area contributed by atoms with Crippen LogP contribution in [0.25, 0.3) is 0 Å². The van der Waals surface area contributed by atoms with Crippen LogP contribution in [0.2, 0.25) is 5.02 Å². The molecule has 0 saturated heterocycles. The Morgan fingerprint density at radius 1 is 1.10 bits per heavy atom. The minimum absolute atomic E-state index is 0.265. The molecule has 0 aliphatic carbocycles. The molecule has 8 heteroatoms. The van der Waals surface area contributed by atoms with E-state index in [4.69, 9.17) is 30.5 Å². The van der Waals surface area contributed by atoms with Crippen LogP contribution in [0, 0.1) is 0 Å². The predicted octanol–water partition coefficient (Wildman–Crippen LogP) is 4.27. The van der Waals surface area contributed by atoms with Gasteiger partial charge in [-0.2, -0.15) is 0 Å². The van der Waals surface area contributed by atoms with Crippen LogP contribution in [0.4, 0.5) is 0 Å². The Bertz CT molecular complexity index is 799. The molecule has 0 spiro atoms. The second kappa shape index (κ2) is 12.9. The molecule has 1 aromatic heterocycles. The summed E-state index contributed by atoms with van der Waals surface area (Å²) in [6, 6.07) is 6.84. The van der Waals surface area contributed by atoms with Gasteiger partial charge in [0.15, 0.2) is 11.5 Å². The Balaban J connectivity index is 2.00. The highest BCUT2D eigenvalue weighted by Gasteiger charge is 2.16. The Morgan fingerprint density at radius 3 is 2.60 bits per heavy atom. The van der Waals surface area contributed by atoms with Gasteiger partial charge < -0.3 is 24.3 Å². The number of ether oxygens (including phenoxy) is 4. The van der Waals surface area contributed by atoms with Gasteiger partial charge in [0.1, 0.15) is 6.61 Å². The number of carbonyl (C=O) groups is 1. The molecule has 2 aromatic rings. The normalized spacial score (nSPS) is 10.5. The molecule has 0 radical (unpaired) electrons. The zero-order chi connectivity index (χ0) is 21.8. The van der Waals surface area contributed by atoms with E-state index < -0.39 is 0 Å². The number of aromatic nitrogens is 1. The van der Waals surface area contributed by atoms with E-state index >= 15 is 0 Å². The van der Waals surface area contributed by atoms with Crippen molar-refractivity contribution in [3.63, 3.8) is 0 Å². The summed E-state index contributed by atoms with van der Waals surface area (Å²) in [5, 5.41) is 3.21. The third-order valence-electron chi connectivity index (χ3n) is 4.10. The SMILES string of the molecule is CCCCOc1c(Cl)cc(C(=O)NCc2ccc(OCCOC)nc2)cc1OCC. The van der Waals surface area contributed by atoms with Crippen molar-refractivity contribution >= 4 is 17.5 Å². The molecule has 0 atom stereocenters. The maximum Gasteiger partial charge on any atom is 0.251 e. The summed E-state index contributed by atoms with van der Waals surface area (Å²) >= 11 is 6.36. The number of halogens is 1. The van der Waals surface area contributed by atoms with Crippen molar-refractivity contribution in [1.29, 1.82) is 0 Å². The average molecular weight is 437 g/mol. The summed E-state index contributed by atoms with van der Waals surface area (Å²) in [7, 11) is 1.61. The molecule has 30 heavy (non-hydrogen) atoms. The number of hydrogen-bond acceptors (Lipinski definition) is 6. The Hall–Kier alpha value is -2.51. The highest BCUT2D eigenvalue weighted by Crippen LogP contribution is 2.37. The predicted molar refractivity (Wildman–Crippen MR) is 116 cm³/mol. The summed E-state index contributed by atoms with van der Waals surface area (Å²) in [6.07, 6.45) is 3.58. The number of carbonyl (C=O) groups excluding carboxylic acids is 1. The quantitative estimate of drug-likeness (QED) is 0.472. The number of unbranched alkanes of at least 4 members (excludes halogenated alkanes) is 1. The lowest BCUT2D eigenvalue weighted by Gasteiger charge is -2.15. The number of pyridine rings is 1. The zero-order valence-electron chi connectivity index (χ0n) is 17.7. The number of nitrogens with one attached hydrogen (secondary N) is 1. The molecule has 1 heterocycles. The van der Waals surface area contributed by atoms with Crippen molar-refractivity contribution < 1.29 is 23.7 Å². The second-order valence-corrected chi connectivity index (χ2v) is 6.86. The fraction of sp³-hybridized carbons (Fsp3) is 0.455. The van der Waals surface area contributed by atoms with Gasteiger partial charge in [0.05, 0.1) is 24.8 Å². The first-order valence-corrected chi connectivity index (χ1v) is 10.4. The number of rotatable bonds is 13. The van der Waals surface area contributed by atoms with E-state index in [2.05, 4.69) is 17.2 Å². The van der Waals surface area contributed by atoms with Crippen LogP contribution in [0.5, 0.6) is 17.4 Å². The second-order valence-electron chi connectivity index (χ2n) is 6.45. The molecule has 2 rings (SSSR count). The van der Waals surface area contributed by atoms with Crippen molar-refractivity contribution in [2.75, 3.05) is 33.5 Å². The Morgan fingerprint density at radius 2 is 1.93 bits per heavy atom.